The van der Waals surface area contributed by atoms with Crippen LogP contribution in [0.1, 0.15) is 16.7 Å². The molecule has 6 heteroatoms. The van der Waals surface area contributed by atoms with Crippen molar-refractivity contribution >= 4 is 12.6 Å². The molecular formula is C22H23BO5. The Balaban J connectivity index is 1.89. The van der Waals surface area contributed by atoms with E-state index in [0.29, 0.717) is 36.0 Å². The lowest BCUT2D eigenvalue weighted by Gasteiger charge is -2.20. The van der Waals surface area contributed by atoms with Crippen LogP contribution in [0.25, 0.3) is 0 Å². The Morgan fingerprint density at radius 3 is 1.82 bits per heavy atom. The smallest absolute Gasteiger partial charge is 0.492 e. The lowest BCUT2D eigenvalue weighted by molar-refractivity contribution is 0.276. The summed E-state index contributed by atoms with van der Waals surface area (Å²) in [5.74, 6) is 1.31. The van der Waals surface area contributed by atoms with Crippen LogP contribution < -0.4 is 19.7 Å². The van der Waals surface area contributed by atoms with E-state index in [2.05, 4.69) is 0 Å². The zero-order chi connectivity index (χ0) is 19.9. The summed E-state index contributed by atoms with van der Waals surface area (Å²) < 4.78 is 17.3. The standard InChI is InChI=1S/C22H23BO5/c1-16-21(28-15-18-11-7-4-8-12-18)19(23(24)25)13-20(22(16)26-2)27-14-17-9-5-3-6-10-17/h3-13,24-25H,14-15H2,1-2H3. The minimum absolute atomic E-state index is 0.234. The zero-order valence-electron chi connectivity index (χ0n) is 16.0. The molecule has 0 fully saturated rings. The summed E-state index contributed by atoms with van der Waals surface area (Å²) in [5, 5.41) is 19.8. The van der Waals surface area contributed by atoms with Crippen LogP contribution in [0.4, 0.5) is 0 Å². The first kappa shape index (κ1) is 19.8. The molecule has 0 aliphatic heterocycles. The van der Waals surface area contributed by atoms with E-state index in [1.807, 2.05) is 60.7 Å². The molecule has 5 nitrogen and oxygen atoms in total. The minimum atomic E-state index is -1.70. The first-order valence-electron chi connectivity index (χ1n) is 9.01. The largest absolute Gasteiger partial charge is 0.492 e. The predicted molar refractivity (Wildman–Crippen MR) is 109 cm³/mol. The second kappa shape index (κ2) is 9.31. The van der Waals surface area contributed by atoms with Crippen LogP contribution in [0, 0.1) is 6.92 Å². The Bertz CT molecular complexity index is 898. The number of rotatable bonds is 8. The van der Waals surface area contributed by atoms with Gasteiger partial charge < -0.3 is 24.3 Å². The van der Waals surface area contributed by atoms with Crippen molar-refractivity contribution in [3.8, 4) is 17.2 Å². The fourth-order valence-electron chi connectivity index (χ4n) is 2.99. The Labute approximate surface area is 165 Å². The van der Waals surface area contributed by atoms with E-state index in [9.17, 15) is 10.0 Å². The van der Waals surface area contributed by atoms with Gasteiger partial charge >= 0.3 is 7.12 Å². The quantitative estimate of drug-likeness (QED) is 0.590. The summed E-state index contributed by atoms with van der Waals surface area (Å²) >= 11 is 0. The van der Waals surface area contributed by atoms with Gasteiger partial charge in [0, 0.05) is 11.0 Å². The molecule has 2 N–H and O–H groups in total. The maximum atomic E-state index is 9.88. The monoisotopic (exact) mass is 378 g/mol. The lowest BCUT2D eigenvalue weighted by atomic mass is 9.78. The Morgan fingerprint density at radius 1 is 0.786 bits per heavy atom. The van der Waals surface area contributed by atoms with Crippen molar-refractivity contribution in [3.05, 3.63) is 83.4 Å². The van der Waals surface area contributed by atoms with Gasteiger partial charge in [-0.2, -0.15) is 0 Å². The first-order valence-corrected chi connectivity index (χ1v) is 9.01. The van der Waals surface area contributed by atoms with Gasteiger partial charge in [-0.1, -0.05) is 60.7 Å². The molecule has 0 aliphatic rings. The van der Waals surface area contributed by atoms with E-state index in [1.165, 1.54) is 0 Å². The third kappa shape index (κ3) is 4.66. The number of hydrogen-bond donors (Lipinski definition) is 2. The van der Waals surface area contributed by atoms with E-state index < -0.39 is 7.12 Å². The molecule has 3 aromatic carbocycles. The zero-order valence-corrected chi connectivity index (χ0v) is 16.0. The third-order valence-electron chi connectivity index (χ3n) is 4.40. The molecule has 0 aromatic heterocycles. The number of benzene rings is 3. The first-order chi connectivity index (χ1) is 13.6. The van der Waals surface area contributed by atoms with Gasteiger partial charge in [0.05, 0.1) is 7.11 Å². The number of methoxy groups -OCH3 is 1. The highest BCUT2D eigenvalue weighted by Gasteiger charge is 2.25. The third-order valence-corrected chi connectivity index (χ3v) is 4.40. The van der Waals surface area contributed by atoms with Crippen LogP contribution in [-0.4, -0.2) is 24.3 Å². The molecule has 0 bridgehead atoms. The summed E-state index contributed by atoms with van der Waals surface area (Å²) in [7, 11) is -0.150. The van der Waals surface area contributed by atoms with Gasteiger partial charge in [-0.15, -0.1) is 0 Å². The van der Waals surface area contributed by atoms with Gasteiger partial charge in [-0.3, -0.25) is 0 Å². The van der Waals surface area contributed by atoms with Crippen molar-refractivity contribution in [2.75, 3.05) is 7.11 Å². The number of hydrogen-bond acceptors (Lipinski definition) is 5. The SMILES string of the molecule is COc1c(OCc2ccccc2)cc(B(O)O)c(OCc2ccccc2)c1C. The van der Waals surface area contributed by atoms with Crippen LogP contribution in [0.2, 0.25) is 0 Å². The Kier molecular flexibility index (Phi) is 6.58. The maximum absolute atomic E-state index is 9.88. The second-order valence-electron chi connectivity index (χ2n) is 6.37. The van der Waals surface area contributed by atoms with Crippen LogP contribution in [0.15, 0.2) is 66.7 Å². The molecule has 0 saturated heterocycles. The fraction of sp³-hybridized carbons (Fsp3) is 0.182. The molecule has 28 heavy (non-hydrogen) atoms. The van der Waals surface area contributed by atoms with E-state index in [-0.39, 0.29) is 5.46 Å². The second-order valence-corrected chi connectivity index (χ2v) is 6.37. The van der Waals surface area contributed by atoms with Crippen molar-refractivity contribution in [2.45, 2.75) is 20.1 Å². The molecule has 0 heterocycles. The average molecular weight is 378 g/mol. The normalized spacial score (nSPS) is 10.4. The van der Waals surface area contributed by atoms with Crippen molar-refractivity contribution in [2.24, 2.45) is 0 Å². The summed E-state index contributed by atoms with van der Waals surface area (Å²) in [6.07, 6.45) is 0. The molecule has 3 aromatic rings. The molecule has 0 spiro atoms. The van der Waals surface area contributed by atoms with Gasteiger partial charge in [-0.05, 0) is 24.1 Å². The molecule has 0 amide bonds. The van der Waals surface area contributed by atoms with Crippen molar-refractivity contribution in [1.82, 2.24) is 0 Å². The fourth-order valence-corrected chi connectivity index (χ4v) is 2.99. The lowest BCUT2D eigenvalue weighted by Crippen LogP contribution is -2.32. The summed E-state index contributed by atoms with van der Waals surface area (Å²) in [5.41, 5.74) is 2.85. The van der Waals surface area contributed by atoms with Crippen LogP contribution in [0.5, 0.6) is 17.2 Å². The van der Waals surface area contributed by atoms with Crippen molar-refractivity contribution in [1.29, 1.82) is 0 Å². The average Bonchev–Trinajstić information content (AvgIpc) is 2.72. The highest BCUT2D eigenvalue weighted by Crippen LogP contribution is 2.36. The van der Waals surface area contributed by atoms with Gasteiger partial charge in [-0.25, -0.2) is 0 Å². The van der Waals surface area contributed by atoms with E-state index >= 15 is 0 Å². The molecule has 0 atom stereocenters. The predicted octanol–water partition coefficient (Wildman–Crippen LogP) is 2.84. The summed E-state index contributed by atoms with van der Waals surface area (Å²) in [6.45, 7) is 2.44. The molecule has 144 valence electrons. The summed E-state index contributed by atoms with van der Waals surface area (Å²) in [6, 6.07) is 20.9. The van der Waals surface area contributed by atoms with Gasteiger partial charge in [0.2, 0.25) is 0 Å². The Hall–Kier alpha value is -2.96. The maximum Gasteiger partial charge on any atom is 0.492 e. The molecule has 3 rings (SSSR count). The van der Waals surface area contributed by atoms with Crippen molar-refractivity contribution in [3.63, 3.8) is 0 Å². The van der Waals surface area contributed by atoms with E-state index in [0.717, 1.165) is 11.1 Å². The van der Waals surface area contributed by atoms with E-state index in [1.54, 1.807) is 20.1 Å². The molecule has 0 unspecified atom stereocenters. The molecular weight excluding hydrogens is 355 g/mol. The highest BCUT2D eigenvalue weighted by molar-refractivity contribution is 6.60. The Morgan fingerprint density at radius 2 is 1.32 bits per heavy atom. The van der Waals surface area contributed by atoms with Gasteiger partial charge in [0.25, 0.3) is 0 Å². The van der Waals surface area contributed by atoms with Crippen molar-refractivity contribution < 1.29 is 24.3 Å². The topological polar surface area (TPSA) is 68.2 Å². The molecule has 0 radical (unpaired) electrons. The van der Waals surface area contributed by atoms with Crippen LogP contribution in [0.3, 0.4) is 0 Å². The minimum Gasteiger partial charge on any atom is -0.492 e. The van der Waals surface area contributed by atoms with Crippen LogP contribution >= 0.6 is 0 Å². The summed E-state index contributed by atoms with van der Waals surface area (Å²) in [4.78, 5) is 0. The van der Waals surface area contributed by atoms with Crippen LogP contribution in [-0.2, 0) is 13.2 Å². The van der Waals surface area contributed by atoms with Gasteiger partial charge in [0.15, 0.2) is 11.5 Å². The van der Waals surface area contributed by atoms with E-state index in [4.69, 9.17) is 14.2 Å². The molecule has 0 aliphatic carbocycles. The number of ether oxygens (including phenoxy) is 3. The molecule has 0 saturated carbocycles. The highest BCUT2D eigenvalue weighted by atomic mass is 16.5. The van der Waals surface area contributed by atoms with Gasteiger partial charge in [0.1, 0.15) is 19.0 Å².